The SMILES string of the molecule is CC(N)C(=O)NC(CCCCN)C(=O)NC(Cc1cnc[nH]1)C(=O)NC(Cc1ccccc1)C(=O)O. The number of carbonyl (C=O) groups excluding carboxylic acids is 3. The van der Waals surface area contributed by atoms with Crippen LogP contribution in [-0.2, 0) is 32.0 Å². The van der Waals surface area contributed by atoms with Crippen molar-refractivity contribution in [1.82, 2.24) is 25.9 Å². The summed E-state index contributed by atoms with van der Waals surface area (Å²) in [5.41, 5.74) is 12.5. The molecule has 2 aromatic rings. The van der Waals surface area contributed by atoms with E-state index in [-0.39, 0.29) is 12.8 Å². The second-order valence-corrected chi connectivity index (χ2v) is 8.57. The maximum Gasteiger partial charge on any atom is 0.326 e. The highest BCUT2D eigenvalue weighted by Crippen LogP contribution is 2.07. The molecule has 4 unspecified atom stereocenters. The molecule has 1 aromatic heterocycles. The zero-order valence-electron chi connectivity index (χ0n) is 20.3. The Morgan fingerprint density at radius 1 is 0.944 bits per heavy atom. The molecule has 0 aliphatic carbocycles. The first-order chi connectivity index (χ1) is 17.2. The molecule has 0 saturated heterocycles. The number of imidazole rings is 1. The van der Waals surface area contributed by atoms with Crippen LogP contribution in [0, 0.1) is 0 Å². The number of H-pyrrole nitrogens is 1. The molecule has 0 saturated carbocycles. The zero-order chi connectivity index (χ0) is 26.5. The van der Waals surface area contributed by atoms with Gasteiger partial charge in [0, 0.05) is 24.7 Å². The number of nitrogens with zero attached hydrogens (tertiary/aromatic N) is 1. The second-order valence-electron chi connectivity index (χ2n) is 8.57. The van der Waals surface area contributed by atoms with E-state index in [0.717, 1.165) is 5.56 Å². The molecule has 0 aliphatic heterocycles. The first-order valence-electron chi connectivity index (χ1n) is 11.8. The van der Waals surface area contributed by atoms with Gasteiger partial charge in [0.05, 0.1) is 12.4 Å². The molecular formula is C24H35N7O5. The Balaban J connectivity index is 2.18. The van der Waals surface area contributed by atoms with Crippen LogP contribution in [0.3, 0.4) is 0 Å². The molecule has 0 bridgehead atoms. The minimum absolute atomic E-state index is 0.0337. The third-order valence-electron chi connectivity index (χ3n) is 5.50. The molecule has 196 valence electrons. The summed E-state index contributed by atoms with van der Waals surface area (Å²) >= 11 is 0. The lowest BCUT2D eigenvalue weighted by atomic mass is 10.0. The van der Waals surface area contributed by atoms with Gasteiger partial charge in [0.25, 0.3) is 0 Å². The highest BCUT2D eigenvalue weighted by Gasteiger charge is 2.30. The summed E-state index contributed by atoms with van der Waals surface area (Å²) in [6, 6.07) is 4.79. The largest absolute Gasteiger partial charge is 0.480 e. The fourth-order valence-electron chi connectivity index (χ4n) is 3.48. The molecule has 2 rings (SSSR count). The maximum absolute atomic E-state index is 13.2. The summed E-state index contributed by atoms with van der Waals surface area (Å²) < 4.78 is 0. The Morgan fingerprint density at radius 3 is 2.17 bits per heavy atom. The monoisotopic (exact) mass is 501 g/mol. The lowest BCUT2D eigenvalue weighted by molar-refractivity contribution is -0.142. The summed E-state index contributed by atoms with van der Waals surface area (Å²) in [7, 11) is 0. The van der Waals surface area contributed by atoms with Gasteiger partial charge in [0.15, 0.2) is 0 Å². The zero-order valence-corrected chi connectivity index (χ0v) is 20.3. The van der Waals surface area contributed by atoms with Gasteiger partial charge in [0.1, 0.15) is 18.1 Å². The van der Waals surface area contributed by atoms with Crippen LogP contribution in [0.4, 0.5) is 0 Å². The Morgan fingerprint density at radius 2 is 1.58 bits per heavy atom. The van der Waals surface area contributed by atoms with Crippen molar-refractivity contribution in [1.29, 1.82) is 0 Å². The van der Waals surface area contributed by atoms with E-state index in [4.69, 9.17) is 11.5 Å². The number of hydrogen-bond donors (Lipinski definition) is 7. The van der Waals surface area contributed by atoms with Gasteiger partial charge in [-0.25, -0.2) is 9.78 Å². The highest BCUT2D eigenvalue weighted by molar-refractivity contribution is 5.94. The Hall–Kier alpha value is -3.77. The molecule has 0 spiro atoms. The number of carboxylic acids is 1. The molecule has 12 nitrogen and oxygen atoms in total. The van der Waals surface area contributed by atoms with Crippen molar-refractivity contribution in [3.63, 3.8) is 0 Å². The summed E-state index contributed by atoms with van der Waals surface area (Å²) in [5, 5.41) is 17.5. The fourth-order valence-corrected chi connectivity index (χ4v) is 3.48. The maximum atomic E-state index is 13.2. The molecule has 3 amide bonds. The second kappa shape index (κ2) is 14.6. The number of carbonyl (C=O) groups is 4. The van der Waals surface area contributed by atoms with Crippen LogP contribution < -0.4 is 27.4 Å². The summed E-state index contributed by atoms with van der Waals surface area (Å²) in [5.74, 6) is -2.98. The van der Waals surface area contributed by atoms with E-state index in [9.17, 15) is 24.3 Å². The number of nitrogens with two attached hydrogens (primary N) is 2. The Bertz CT molecular complexity index is 982. The molecular weight excluding hydrogens is 466 g/mol. The van der Waals surface area contributed by atoms with Gasteiger partial charge in [-0.3, -0.25) is 14.4 Å². The summed E-state index contributed by atoms with van der Waals surface area (Å²) in [4.78, 5) is 57.1. The van der Waals surface area contributed by atoms with Crippen molar-refractivity contribution in [3.05, 3.63) is 54.1 Å². The summed E-state index contributed by atoms with van der Waals surface area (Å²) in [6.45, 7) is 1.93. The quantitative estimate of drug-likeness (QED) is 0.154. The van der Waals surface area contributed by atoms with Crippen LogP contribution in [-0.4, -0.2) is 69.5 Å². The first kappa shape index (κ1) is 28.5. The predicted molar refractivity (Wildman–Crippen MR) is 132 cm³/mol. The Kier molecular flexibility index (Phi) is 11.5. The highest BCUT2D eigenvalue weighted by atomic mass is 16.4. The molecule has 9 N–H and O–H groups in total. The lowest BCUT2D eigenvalue weighted by Gasteiger charge is -2.25. The first-order valence-corrected chi connectivity index (χ1v) is 11.8. The van der Waals surface area contributed by atoms with E-state index >= 15 is 0 Å². The average molecular weight is 502 g/mol. The Labute approximate surface area is 209 Å². The summed E-state index contributed by atoms with van der Waals surface area (Å²) in [6.07, 6.45) is 4.55. The fraction of sp³-hybridized carbons (Fsp3) is 0.458. The van der Waals surface area contributed by atoms with Crippen LogP contribution in [0.15, 0.2) is 42.9 Å². The van der Waals surface area contributed by atoms with Crippen molar-refractivity contribution in [2.75, 3.05) is 6.54 Å². The van der Waals surface area contributed by atoms with Gasteiger partial charge in [-0.05, 0) is 38.3 Å². The predicted octanol–water partition coefficient (Wildman–Crippen LogP) is -0.790. The van der Waals surface area contributed by atoms with Gasteiger partial charge >= 0.3 is 5.97 Å². The number of rotatable bonds is 15. The van der Waals surface area contributed by atoms with E-state index < -0.39 is 47.9 Å². The molecule has 36 heavy (non-hydrogen) atoms. The average Bonchev–Trinajstić information content (AvgIpc) is 3.36. The standard InChI is InChI=1S/C24H35N7O5/c1-15(26)21(32)29-18(9-5-6-10-25)22(33)30-19(12-17-13-27-14-28-17)23(34)31-20(24(35)36)11-16-7-3-2-4-8-16/h2-4,7-8,13-15,18-20H,5-6,9-12,25-26H2,1H3,(H,27,28)(H,29,32)(H,30,33)(H,31,34)(H,35,36). The molecule has 0 fully saturated rings. The number of nitrogens with one attached hydrogen (secondary N) is 4. The number of unbranched alkanes of at least 4 members (excludes halogenated alkanes) is 1. The molecule has 0 aliphatic rings. The van der Waals surface area contributed by atoms with Crippen LogP contribution in [0.25, 0.3) is 0 Å². The number of benzene rings is 1. The van der Waals surface area contributed by atoms with Gasteiger partial charge in [0.2, 0.25) is 17.7 Å². The van der Waals surface area contributed by atoms with Gasteiger partial charge in [-0.2, -0.15) is 0 Å². The van der Waals surface area contributed by atoms with Crippen LogP contribution in [0.2, 0.25) is 0 Å². The molecule has 0 radical (unpaired) electrons. The minimum atomic E-state index is -1.21. The topological polar surface area (TPSA) is 205 Å². The number of aromatic amines is 1. The van der Waals surface area contributed by atoms with Gasteiger partial charge in [-0.15, -0.1) is 0 Å². The van der Waals surface area contributed by atoms with E-state index in [1.54, 1.807) is 24.3 Å². The van der Waals surface area contributed by atoms with Crippen molar-refractivity contribution < 1.29 is 24.3 Å². The smallest absolute Gasteiger partial charge is 0.326 e. The number of hydrogen-bond acceptors (Lipinski definition) is 7. The molecule has 12 heteroatoms. The molecule has 4 atom stereocenters. The molecule has 1 aromatic carbocycles. The third kappa shape index (κ3) is 9.47. The third-order valence-corrected chi connectivity index (χ3v) is 5.50. The van der Waals surface area contributed by atoms with E-state index in [1.807, 2.05) is 6.07 Å². The normalized spacial score (nSPS) is 14.2. The van der Waals surface area contributed by atoms with Crippen molar-refractivity contribution in [2.45, 2.75) is 63.2 Å². The van der Waals surface area contributed by atoms with Crippen LogP contribution in [0.5, 0.6) is 0 Å². The van der Waals surface area contributed by atoms with Crippen LogP contribution in [0.1, 0.15) is 37.4 Å². The van der Waals surface area contributed by atoms with Gasteiger partial charge in [-0.1, -0.05) is 30.3 Å². The number of aromatic nitrogens is 2. The minimum Gasteiger partial charge on any atom is -0.480 e. The van der Waals surface area contributed by atoms with E-state index in [2.05, 4.69) is 25.9 Å². The lowest BCUT2D eigenvalue weighted by Crippen LogP contribution is -2.57. The van der Waals surface area contributed by atoms with Crippen molar-refractivity contribution in [3.8, 4) is 0 Å². The number of aliphatic carboxylic acids is 1. The van der Waals surface area contributed by atoms with Gasteiger partial charge < -0.3 is 37.5 Å². The van der Waals surface area contributed by atoms with E-state index in [0.29, 0.717) is 31.5 Å². The number of amides is 3. The van der Waals surface area contributed by atoms with Crippen molar-refractivity contribution >= 4 is 23.7 Å². The van der Waals surface area contributed by atoms with Crippen molar-refractivity contribution in [2.24, 2.45) is 11.5 Å². The molecule has 1 heterocycles. The van der Waals surface area contributed by atoms with Crippen LogP contribution >= 0.6 is 0 Å². The van der Waals surface area contributed by atoms with E-state index in [1.165, 1.54) is 19.4 Å². The number of carboxylic acid groups (broad SMARTS) is 1.